The lowest BCUT2D eigenvalue weighted by atomic mass is 10.2. The van der Waals surface area contributed by atoms with Crippen LogP contribution < -0.4 is 4.72 Å². The van der Waals surface area contributed by atoms with E-state index >= 15 is 0 Å². The van der Waals surface area contributed by atoms with Crippen molar-refractivity contribution in [3.05, 3.63) is 29.8 Å². The largest absolute Gasteiger partial charge is 0.463 e. The number of benzene rings is 1. The number of esters is 1. The second-order valence-corrected chi connectivity index (χ2v) is 12.0. The highest BCUT2D eigenvalue weighted by Gasteiger charge is 2.32. The fourth-order valence-corrected chi connectivity index (χ4v) is 3.62. The molecule has 0 heterocycles. The number of carbonyl (C=O) groups excluding carboxylic acids is 1. The number of nitrogens with one attached hydrogen (secondary N) is 1. The third-order valence-electron chi connectivity index (χ3n) is 2.57. The van der Waals surface area contributed by atoms with E-state index in [0.717, 1.165) is 5.56 Å². The predicted molar refractivity (Wildman–Crippen MR) is 86.4 cm³/mol. The summed E-state index contributed by atoms with van der Waals surface area (Å²) in [5.41, 5.74) is 0.944. The van der Waals surface area contributed by atoms with Gasteiger partial charge in [-0.25, -0.2) is 13.2 Å². The van der Waals surface area contributed by atoms with Gasteiger partial charge in [0.25, 0.3) is 0 Å². The number of carbonyl (C=O) groups is 1. The zero-order valence-corrected chi connectivity index (χ0v) is 15.4. The van der Waals surface area contributed by atoms with Gasteiger partial charge >= 0.3 is 5.97 Å². The van der Waals surface area contributed by atoms with Gasteiger partial charge in [0, 0.05) is 0 Å². The van der Waals surface area contributed by atoms with Gasteiger partial charge in [0.15, 0.2) is 8.32 Å². The number of sulfonamides is 1. The van der Waals surface area contributed by atoms with Crippen molar-refractivity contribution in [2.24, 2.45) is 0 Å². The van der Waals surface area contributed by atoms with Crippen LogP contribution in [0.5, 0.6) is 0 Å². The lowest BCUT2D eigenvalue weighted by molar-refractivity contribution is -0.152. The Labute approximate surface area is 133 Å². The van der Waals surface area contributed by atoms with Crippen LogP contribution in [0.1, 0.15) is 12.5 Å². The quantitative estimate of drug-likeness (QED) is 0.464. The first-order valence-electron chi connectivity index (χ1n) is 6.98. The smallest absolute Gasteiger partial charge is 0.350 e. The molecule has 1 atom stereocenters. The monoisotopic (exact) mass is 345 g/mol. The lowest BCUT2D eigenvalue weighted by Gasteiger charge is -2.25. The first-order chi connectivity index (χ1) is 10.0. The van der Waals surface area contributed by atoms with Crippen LogP contribution >= 0.6 is 0 Å². The molecule has 0 bridgehead atoms. The summed E-state index contributed by atoms with van der Waals surface area (Å²) in [7, 11) is -6.02. The molecule has 0 spiro atoms. The molecule has 124 valence electrons. The second-order valence-electron chi connectivity index (χ2n) is 5.80. The van der Waals surface area contributed by atoms with Gasteiger partial charge in [-0.3, -0.25) is 0 Å². The van der Waals surface area contributed by atoms with Crippen LogP contribution in [0.3, 0.4) is 0 Å². The topological polar surface area (TPSA) is 81.7 Å². The van der Waals surface area contributed by atoms with Gasteiger partial charge in [-0.2, -0.15) is 4.72 Å². The van der Waals surface area contributed by atoms with E-state index < -0.39 is 30.5 Å². The van der Waals surface area contributed by atoms with E-state index in [1.54, 1.807) is 19.1 Å². The van der Waals surface area contributed by atoms with Crippen LogP contribution in [0, 0.1) is 6.92 Å². The molecule has 0 fully saturated rings. The molecule has 0 aliphatic carbocycles. The molecule has 0 amide bonds. The zero-order chi connectivity index (χ0) is 17.0. The van der Waals surface area contributed by atoms with E-state index in [0.29, 0.717) is 0 Å². The summed E-state index contributed by atoms with van der Waals surface area (Å²) in [4.78, 5) is 12.0. The predicted octanol–water partition coefficient (Wildman–Crippen LogP) is 2.01. The third-order valence-corrected chi connectivity index (χ3v) is 4.93. The molecule has 0 aliphatic heterocycles. The molecule has 8 heteroatoms. The van der Waals surface area contributed by atoms with Crippen LogP contribution in [-0.4, -0.2) is 35.5 Å². The Balaban J connectivity index is 3.01. The van der Waals surface area contributed by atoms with Gasteiger partial charge in [-0.05, 0) is 45.6 Å². The van der Waals surface area contributed by atoms with E-state index in [1.165, 1.54) is 12.1 Å². The highest BCUT2D eigenvalue weighted by atomic mass is 32.2. The van der Waals surface area contributed by atoms with Crippen molar-refractivity contribution in [1.29, 1.82) is 0 Å². The molecule has 0 saturated carbocycles. The second kappa shape index (κ2) is 7.36. The van der Waals surface area contributed by atoms with Crippen LogP contribution in [0.2, 0.25) is 19.6 Å². The highest BCUT2D eigenvalue weighted by Crippen LogP contribution is 2.13. The Morgan fingerprint density at radius 2 is 1.77 bits per heavy atom. The minimum Gasteiger partial charge on any atom is -0.463 e. The summed E-state index contributed by atoms with van der Waals surface area (Å²) < 4.78 is 37.5. The van der Waals surface area contributed by atoms with Crippen LogP contribution in [0.25, 0.3) is 0 Å². The maximum absolute atomic E-state index is 12.4. The number of aryl methyl sites for hydroxylation is 1. The summed E-state index contributed by atoms with van der Waals surface area (Å²) in [6.45, 7) is 9.24. The summed E-state index contributed by atoms with van der Waals surface area (Å²) in [5.74, 6) is -0.736. The Morgan fingerprint density at radius 1 is 1.23 bits per heavy atom. The molecule has 0 saturated heterocycles. The maximum atomic E-state index is 12.4. The first kappa shape index (κ1) is 18.8. The Morgan fingerprint density at radius 3 is 2.23 bits per heavy atom. The van der Waals surface area contributed by atoms with Crippen molar-refractivity contribution in [2.75, 3.05) is 6.61 Å². The minimum absolute atomic E-state index is 0.0755. The number of rotatable bonds is 7. The first-order valence-corrected chi connectivity index (χ1v) is 11.9. The highest BCUT2D eigenvalue weighted by molar-refractivity contribution is 7.89. The van der Waals surface area contributed by atoms with E-state index in [-0.39, 0.29) is 11.5 Å². The standard InChI is InChI=1S/C14H23NO5SSi/c1-6-19-14(16)13(20-22(3,4)5)15-21(17,18)12-9-7-11(2)8-10-12/h7-10,13,15H,6H2,1-5H3. The van der Waals surface area contributed by atoms with Crippen molar-refractivity contribution in [1.82, 2.24) is 4.72 Å². The molecule has 6 nitrogen and oxygen atoms in total. The maximum Gasteiger partial charge on any atom is 0.350 e. The zero-order valence-electron chi connectivity index (χ0n) is 13.5. The molecular formula is C14H23NO5SSi. The molecule has 1 aromatic carbocycles. The van der Waals surface area contributed by atoms with Crippen molar-refractivity contribution in [3.63, 3.8) is 0 Å². The van der Waals surface area contributed by atoms with Gasteiger partial charge in [-0.1, -0.05) is 17.7 Å². The summed E-state index contributed by atoms with van der Waals surface area (Å²) in [6, 6.07) is 6.34. The molecular weight excluding hydrogens is 322 g/mol. The molecule has 22 heavy (non-hydrogen) atoms. The summed E-state index contributed by atoms with van der Waals surface area (Å²) >= 11 is 0. The van der Waals surface area contributed by atoms with Gasteiger partial charge in [0.1, 0.15) is 0 Å². The minimum atomic E-state index is -3.87. The van der Waals surface area contributed by atoms with Crippen molar-refractivity contribution < 1.29 is 22.4 Å². The van der Waals surface area contributed by atoms with Gasteiger partial charge in [0.2, 0.25) is 16.3 Å². The van der Waals surface area contributed by atoms with E-state index in [2.05, 4.69) is 4.72 Å². The number of hydrogen-bond donors (Lipinski definition) is 1. The lowest BCUT2D eigenvalue weighted by Crippen LogP contribution is -2.48. The Bertz CT molecular complexity index is 607. The van der Waals surface area contributed by atoms with Crippen molar-refractivity contribution in [3.8, 4) is 0 Å². The number of hydrogen-bond acceptors (Lipinski definition) is 5. The summed E-state index contributed by atoms with van der Waals surface area (Å²) in [5, 5.41) is 0. The molecule has 1 rings (SSSR count). The van der Waals surface area contributed by atoms with Crippen LogP contribution in [0.4, 0.5) is 0 Å². The van der Waals surface area contributed by atoms with Gasteiger partial charge in [0.05, 0.1) is 11.5 Å². The summed E-state index contributed by atoms with van der Waals surface area (Å²) in [6.07, 6.45) is -1.34. The molecule has 0 radical (unpaired) electrons. The van der Waals surface area contributed by atoms with Crippen molar-refractivity contribution >= 4 is 24.3 Å². The van der Waals surface area contributed by atoms with Crippen LogP contribution in [-0.2, 0) is 24.0 Å². The molecule has 0 aliphatic rings. The molecule has 1 N–H and O–H groups in total. The van der Waals surface area contributed by atoms with Gasteiger partial charge in [-0.15, -0.1) is 0 Å². The Hall–Kier alpha value is -1.22. The van der Waals surface area contributed by atoms with Gasteiger partial charge < -0.3 is 9.16 Å². The average molecular weight is 345 g/mol. The van der Waals surface area contributed by atoms with Crippen molar-refractivity contribution in [2.45, 2.75) is 44.6 Å². The Kier molecular flexibility index (Phi) is 6.30. The fraction of sp³-hybridized carbons (Fsp3) is 0.500. The normalized spacial score (nSPS) is 13.7. The van der Waals surface area contributed by atoms with E-state index in [9.17, 15) is 13.2 Å². The third kappa shape index (κ3) is 5.88. The molecule has 0 aromatic heterocycles. The van der Waals surface area contributed by atoms with E-state index in [4.69, 9.17) is 9.16 Å². The van der Waals surface area contributed by atoms with Crippen LogP contribution in [0.15, 0.2) is 29.2 Å². The molecule has 1 aromatic rings. The average Bonchev–Trinajstić information content (AvgIpc) is 2.36. The fourth-order valence-electron chi connectivity index (χ4n) is 1.62. The number of ether oxygens (including phenoxy) is 1. The van der Waals surface area contributed by atoms with E-state index in [1.807, 2.05) is 26.6 Å². The SMILES string of the molecule is CCOC(=O)C(NS(=O)(=O)c1ccc(C)cc1)O[Si](C)(C)C. The molecule has 1 unspecified atom stereocenters.